The van der Waals surface area contributed by atoms with Gasteiger partial charge < -0.3 is 16.0 Å². The number of nitrogens with one attached hydrogen (secondary N) is 1. The Bertz CT molecular complexity index is 542. The van der Waals surface area contributed by atoms with Gasteiger partial charge in [-0.25, -0.2) is 8.42 Å². The monoisotopic (exact) mass is 362 g/mol. The topological polar surface area (TPSA) is 113 Å². The average molecular weight is 362 g/mol. The summed E-state index contributed by atoms with van der Waals surface area (Å²) in [6, 6.07) is -0.700. The standard InChI is InChI=1S/C15H30N4O4S/c1-5-19(24(4,22)23)12-6-8-18(9-7-12)13(20)10-17-15(21)14(16)11(2)3/h11-12,14H,5-10,16H2,1-4H3,(H,17,21)/t14-/m0/s1. The van der Waals surface area contributed by atoms with Gasteiger partial charge >= 0.3 is 0 Å². The summed E-state index contributed by atoms with van der Waals surface area (Å²) in [5.41, 5.74) is 5.73. The van der Waals surface area contributed by atoms with Crippen molar-refractivity contribution in [2.75, 3.05) is 32.4 Å². The lowest BCUT2D eigenvalue weighted by Crippen LogP contribution is -2.51. The lowest BCUT2D eigenvalue weighted by Gasteiger charge is -2.37. The van der Waals surface area contributed by atoms with Gasteiger partial charge in [-0.2, -0.15) is 4.31 Å². The van der Waals surface area contributed by atoms with Gasteiger partial charge in [-0.1, -0.05) is 20.8 Å². The zero-order valence-corrected chi connectivity index (χ0v) is 15.8. The van der Waals surface area contributed by atoms with Crippen molar-refractivity contribution < 1.29 is 18.0 Å². The Morgan fingerprint density at radius 3 is 2.25 bits per heavy atom. The maximum atomic E-state index is 12.2. The van der Waals surface area contributed by atoms with Crippen molar-refractivity contribution in [2.24, 2.45) is 11.7 Å². The van der Waals surface area contributed by atoms with Crippen LogP contribution in [0.3, 0.4) is 0 Å². The van der Waals surface area contributed by atoms with Gasteiger partial charge in [-0.05, 0) is 18.8 Å². The first-order valence-corrected chi connectivity index (χ1v) is 10.2. The molecule has 9 heteroatoms. The third-order valence-electron chi connectivity index (χ3n) is 4.40. The molecule has 1 saturated heterocycles. The SMILES string of the molecule is CCN(C1CCN(C(=O)CNC(=O)[C@@H](N)C(C)C)CC1)S(C)(=O)=O. The molecule has 0 aromatic carbocycles. The van der Waals surface area contributed by atoms with Crippen LogP contribution in [0.2, 0.25) is 0 Å². The van der Waals surface area contributed by atoms with E-state index in [4.69, 9.17) is 5.73 Å². The second-order valence-electron chi connectivity index (χ2n) is 6.57. The summed E-state index contributed by atoms with van der Waals surface area (Å²) in [6.07, 6.45) is 2.42. The molecule has 0 radical (unpaired) electrons. The van der Waals surface area contributed by atoms with Gasteiger partial charge in [0.15, 0.2) is 0 Å². The van der Waals surface area contributed by atoms with Gasteiger partial charge in [0.25, 0.3) is 0 Å². The number of nitrogens with zero attached hydrogens (tertiary/aromatic N) is 2. The molecule has 1 fully saturated rings. The van der Waals surface area contributed by atoms with E-state index >= 15 is 0 Å². The van der Waals surface area contributed by atoms with Crippen molar-refractivity contribution in [3.8, 4) is 0 Å². The summed E-state index contributed by atoms with van der Waals surface area (Å²) in [5, 5.41) is 2.57. The molecule has 2 amide bonds. The smallest absolute Gasteiger partial charge is 0.241 e. The van der Waals surface area contributed by atoms with E-state index in [9.17, 15) is 18.0 Å². The molecule has 8 nitrogen and oxygen atoms in total. The molecule has 1 aliphatic rings. The first-order valence-electron chi connectivity index (χ1n) is 8.35. The summed E-state index contributed by atoms with van der Waals surface area (Å²) >= 11 is 0. The number of amides is 2. The molecule has 24 heavy (non-hydrogen) atoms. The minimum Gasteiger partial charge on any atom is -0.346 e. The lowest BCUT2D eigenvalue weighted by molar-refractivity contribution is -0.134. The molecule has 1 aliphatic heterocycles. The normalized spacial score (nSPS) is 18.0. The van der Waals surface area contributed by atoms with Crippen molar-refractivity contribution in [3.63, 3.8) is 0 Å². The van der Waals surface area contributed by atoms with Crippen LogP contribution < -0.4 is 11.1 Å². The van der Waals surface area contributed by atoms with E-state index in [0.717, 1.165) is 0 Å². The Kier molecular flexibility index (Phi) is 7.62. The summed E-state index contributed by atoms with van der Waals surface area (Å²) in [4.78, 5) is 25.6. The fourth-order valence-corrected chi connectivity index (χ4v) is 4.08. The van der Waals surface area contributed by atoms with E-state index in [1.807, 2.05) is 20.8 Å². The molecule has 0 aliphatic carbocycles. The highest BCUT2D eigenvalue weighted by atomic mass is 32.2. The summed E-state index contributed by atoms with van der Waals surface area (Å²) in [6.45, 7) is 6.83. The number of carbonyl (C=O) groups excluding carboxylic acids is 2. The molecule has 0 saturated carbocycles. The van der Waals surface area contributed by atoms with Crippen molar-refractivity contribution in [1.29, 1.82) is 0 Å². The minimum absolute atomic E-state index is 0.00636. The Balaban J connectivity index is 2.47. The Hall–Kier alpha value is -1.19. The number of sulfonamides is 1. The Morgan fingerprint density at radius 2 is 1.83 bits per heavy atom. The van der Waals surface area contributed by atoms with Crippen LogP contribution in [0.1, 0.15) is 33.6 Å². The molecule has 0 spiro atoms. The maximum absolute atomic E-state index is 12.2. The van der Waals surface area contributed by atoms with E-state index in [0.29, 0.717) is 32.5 Å². The van der Waals surface area contributed by atoms with Crippen molar-refractivity contribution in [2.45, 2.75) is 45.7 Å². The van der Waals surface area contributed by atoms with Gasteiger partial charge in [-0.15, -0.1) is 0 Å². The Morgan fingerprint density at radius 1 is 1.29 bits per heavy atom. The molecule has 1 heterocycles. The average Bonchev–Trinajstić information content (AvgIpc) is 2.51. The largest absolute Gasteiger partial charge is 0.346 e. The molecule has 1 rings (SSSR count). The molecular formula is C15H30N4O4S. The third kappa shape index (κ3) is 5.71. The first kappa shape index (κ1) is 20.9. The minimum atomic E-state index is -3.23. The molecule has 140 valence electrons. The van der Waals surface area contributed by atoms with Crippen molar-refractivity contribution in [1.82, 2.24) is 14.5 Å². The number of rotatable bonds is 7. The Labute approximate surface area is 144 Å². The van der Waals surface area contributed by atoms with Crippen LogP contribution in [0.4, 0.5) is 0 Å². The lowest BCUT2D eigenvalue weighted by atomic mass is 10.0. The van der Waals surface area contributed by atoms with Crippen LogP contribution in [0, 0.1) is 5.92 Å². The molecule has 3 N–H and O–H groups in total. The van der Waals surface area contributed by atoms with E-state index in [1.54, 1.807) is 4.90 Å². The van der Waals surface area contributed by atoms with E-state index < -0.39 is 16.1 Å². The van der Waals surface area contributed by atoms with Crippen LogP contribution >= 0.6 is 0 Å². The maximum Gasteiger partial charge on any atom is 0.241 e. The molecular weight excluding hydrogens is 332 g/mol. The number of likely N-dealkylation sites (tertiary alicyclic amines) is 1. The van der Waals surface area contributed by atoms with Crippen LogP contribution in [-0.2, 0) is 19.6 Å². The fourth-order valence-electron chi connectivity index (χ4n) is 2.86. The fraction of sp³-hybridized carbons (Fsp3) is 0.867. The molecule has 1 atom stereocenters. The second kappa shape index (κ2) is 8.77. The van der Waals surface area contributed by atoms with Crippen LogP contribution in [0.5, 0.6) is 0 Å². The summed E-state index contributed by atoms with van der Waals surface area (Å²) in [7, 11) is -3.23. The van der Waals surface area contributed by atoms with Gasteiger partial charge in [0, 0.05) is 25.7 Å². The van der Waals surface area contributed by atoms with Crippen LogP contribution in [0.25, 0.3) is 0 Å². The van der Waals surface area contributed by atoms with Gasteiger partial charge in [0.1, 0.15) is 0 Å². The van der Waals surface area contributed by atoms with Crippen LogP contribution in [-0.4, -0.2) is 74.0 Å². The van der Waals surface area contributed by atoms with Crippen LogP contribution in [0.15, 0.2) is 0 Å². The predicted octanol–water partition coefficient (Wildman–Crippen LogP) is -0.642. The summed E-state index contributed by atoms with van der Waals surface area (Å²) in [5.74, 6) is -0.491. The van der Waals surface area contributed by atoms with E-state index in [2.05, 4.69) is 5.32 Å². The zero-order valence-electron chi connectivity index (χ0n) is 15.0. The second-order valence-corrected chi connectivity index (χ2v) is 8.50. The van der Waals surface area contributed by atoms with Gasteiger partial charge in [0.05, 0.1) is 18.8 Å². The van der Waals surface area contributed by atoms with Crippen molar-refractivity contribution in [3.05, 3.63) is 0 Å². The summed E-state index contributed by atoms with van der Waals surface area (Å²) < 4.78 is 25.0. The van der Waals surface area contributed by atoms with Gasteiger partial charge in [-0.3, -0.25) is 9.59 Å². The number of hydrogen-bond acceptors (Lipinski definition) is 5. The quantitative estimate of drug-likeness (QED) is 0.625. The highest BCUT2D eigenvalue weighted by molar-refractivity contribution is 7.88. The van der Waals surface area contributed by atoms with E-state index in [-0.39, 0.29) is 30.3 Å². The predicted molar refractivity (Wildman–Crippen MR) is 92.6 cm³/mol. The van der Waals surface area contributed by atoms with E-state index in [1.165, 1.54) is 10.6 Å². The van der Waals surface area contributed by atoms with Gasteiger partial charge in [0.2, 0.25) is 21.8 Å². The zero-order chi connectivity index (χ0) is 18.5. The molecule has 0 unspecified atom stereocenters. The molecule has 0 bridgehead atoms. The molecule has 0 aromatic heterocycles. The third-order valence-corrected chi connectivity index (χ3v) is 5.81. The number of nitrogens with two attached hydrogens (primary N) is 1. The number of carbonyl (C=O) groups is 2. The first-order chi connectivity index (χ1) is 11.1. The van der Waals surface area contributed by atoms with Crippen molar-refractivity contribution >= 4 is 21.8 Å². The highest BCUT2D eigenvalue weighted by Crippen LogP contribution is 2.18. The number of piperidine rings is 1. The number of hydrogen-bond donors (Lipinski definition) is 2. The molecule has 0 aromatic rings. The highest BCUT2D eigenvalue weighted by Gasteiger charge is 2.30.